The van der Waals surface area contributed by atoms with E-state index < -0.39 is 5.82 Å². The summed E-state index contributed by atoms with van der Waals surface area (Å²) in [5.74, 6) is 0.447. The van der Waals surface area contributed by atoms with Gasteiger partial charge in [0.05, 0.1) is 16.7 Å². The van der Waals surface area contributed by atoms with Crippen LogP contribution in [0.5, 0.6) is 11.5 Å². The summed E-state index contributed by atoms with van der Waals surface area (Å²) >= 11 is 12.5. The Kier molecular flexibility index (Phi) is 7.69. The second-order valence-electron chi connectivity index (χ2n) is 6.29. The molecule has 0 saturated carbocycles. The maximum Gasteiger partial charge on any atom is 0.180 e. The van der Waals surface area contributed by atoms with Crippen LogP contribution in [0.3, 0.4) is 0 Å². The topological polar surface area (TPSA) is 43.4 Å². The molecule has 4 nitrogen and oxygen atoms in total. The number of nitrogens with zero attached hydrogens (tertiary/aromatic N) is 1. The molecule has 1 heterocycles. The van der Waals surface area contributed by atoms with E-state index in [4.69, 9.17) is 32.7 Å². The number of rotatable bonds is 9. The third-order valence-electron chi connectivity index (χ3n) is 4.20. The second kappa shape index (κ2) is 10.4. The third kappa shape index (κ3) is 5.82. The molecule has 0 aliphatic carbocycles. The Morgan fingerprint density at radius 2 is 1.72 bits per heavy atom. The first-order valence-corrected chi connectivity index (χ1v) is 9.94. The summed E-state index contributed by atoms with van der Waals surface area (Å²) in [6.45, 7) is 3.57. The summed E-state index contributed by atoms with van der Waals surface area (Å²) < 4.78 is 25.5. The van der Waals surface area contributed by atoms with Crippen molar-refractivity contribution < 1.29 is 13.9 Å². The molecule has 0 spiro atoms. The average Bonchev–Trinajstić information content (AvgIpc) is 2.70. The molecule has 0 aliphatic rings. The molecule has 0 amide bonds. The number of hydrogen-bond acceptors (Lipinski definition) is 4. The summed E-state index contributed by atoms with van der Waals surface area (Å²) in [5.41, 5.74) is 2.36. The number of benzene rings is 2. The molecule has 0 aliphatic heterocycles. The van der Waals surface area contributed by atoms with Gasteiger partial charge in [0.2, 0.25) is 0 Å². The molecule has 3 rings (SSSR count). The van der Waals surface area contributed by atoms with Crippen LogP contribution in [-0.2, 0) is 19.7 Å². The number of hydrogen-bond donors (Lipinski definition) is 1. The van der Waals surface area contributed by atoms with Crippen molar-refractivity contribution >= 4 is 23.2 Å². The van der Waals surface area contributed by atoms with E-state index in [1.807, 2.05) is 31.2 Å². The van der Waals surface area contributed by atoms with Crippen LogP contribution in [0.25, 0.3) is 0 Å². The number of nitrogens with one attached hydrogen (secondary N) is 1. The van der Waals surface area contributed by atoms with Crippen molar-refractivity contribution in [3.8, 4) is 11.5 Å². The zero-order chi connectivity index (χ0) is 20.6. The minimum absolute atomic E-state index is 0.0507. The van der Waals surface area contributed by atoms with Gasteiger partial charge in [0.15, 0.2) is 11.5 Å². The lowest BCUT2D eigenvalue weighted by molar-refractivity contribution is 0.266. The number of halogens is 3. The van der Waals surface area contributed by atoms with Gasteiger partial charge in [-0.05, 0) is 54.4 Å². The highest BCUT2D eigenvalue weighted by Crippen LogP contribution is 2.37. The molecule has 29 heavy (non-hydrogen) atoms. The molecule has 0 unspecified atom stereocenters. The number of ether oxygens (including phenoxy) is 2. The molecule has 1 aromatic heterocycles. The zero-order valence-electron chi connectivity index (χ0n) is 15.9. The van der Waals surface area contributed by atoms with Crippen LogP contribution in [0, 0.1) is 5.82 Å². The van der Waals surface area contributed by atoms with E-state index in [-0.39, 0.29) is 12.2 Å². The summed E-state index contributed by atoms with van der Waals surface area (Å²) in [6.07, 6.45) is 3.52. The molecular formula is C22H21Cl2FN2O2. The Morgan fingerprint density at radius 3 is 2.45 bits per heavy atom. The first-order chi connectivity index (χ1) is 14.1. The van der Waals surface area contributed by atoms with E-state index in [0.29, 0.717) is 41.2 Å². The van der Waals surface area contributed by atoms with Crippen LogP contribution in [0.4, 0.5) is 4.39 Å². The Balaban J connectivity index is 1.72. The lowest BCUT2D eigenvalue weighted by Gasteiger charge is -2.16. The molecule has 2 aromatic carbocycles. The summed E-state index contributed by atoms with van der Waals surface area (Å²) in [7, 11) is 0. The Bertz CT molecular complexity index is 935. The van der Waals surface area contributed by atoms with Crippen molar-refractivity contribution in [3.63, 3.8) is 0 Å². The maximum absolute atomic E-state index is 14.0. The zero-order valence-corrected chi connectivity index (χ0v) is 17.4. The van der Waals surface area contributed by atoms with Gasteiger partial charge >= 0.3 is 0 Å². The van der Waals surface area contributed by atoms with Gasteiger partial charge in [0.1, 0.15) is 12.4 Å². The van der Waals surface area contributed by atoms with E-state index in [2.05, 4.69) is 10.3 Å². The van der Waals surface area contributed by atoms with Crippen molar-refractivity contribution in [2.75, 3.05) is 6.61 Å². The first kappa shape index (κ1) is 21.4. The molecular weight excluding hydrogens is 414 g/mol. The third-order valence-corrected chi connectivity index (χ3v) is 4.83. The van der Waals surface area contributed by atoms with Crippen molar-refractivity contribution in [2.45, 2.75) is 26.6 Å². The van der Waals surface area contributed by atoms with Crippen molar-refractivity contribution in [1.82, 2.24) is 10.3 Å². The van der Waals surface area contributed by atoms with E-state index in [0.717, 1.165) is 11.1 Å². The molecule has 0 bridgehead atoms. The fraction of sp³-hybridized carbons (Fsp3) is 0.227. The highest BCUT2D eigenvalue weighted by atomic mass is 35.5. The summed E-state index contributed by atoms with van der Waals surface area (Å²) in [5, 5.41) is 4.05. The van der Waals surface area contributed by atoms with Gasteiger partial charge in [0, 0.05) is 31.0 Å². The van der Waals surface area contributed by atoms with Gasteiger partial charge in [-0.15, -0.1) is 0 Å². The highest BCUT2D eigenvalue weighted by Gasteiger charge is 2.15. The van der Waals surface area contributed by atoms with Crippen LogP contribution in [0.2, 0.25) is 10.0 Å². The Hall–Kier alpha value is -2.34. The smallest absolute Gasteiger partial charge is 0.180 e. The predicted molar refractivity (Wildman–Crippen MR) is 113 cm³/mol. The monoisotopic (exact) mass is 434 g/mol. The molecule has 0 radical (unpaired) electrons. The molecule has 0 fully saturated rings. The standard InChI is InChI=1S/C22H21Cl2FN2O2/c1-2-28-21-11-16(13-27-12-15-6-8-26-9-7-15)10-19(24)22(21)29-14-17-18(23)4-3-5-20(17)25/h3-11,27H,2,12-14H2,1H3. The van der Waals surface area contributed by atoms with Crippen LogP contribution >= 0.6 is 23.2 Å². The highest BCUT2D eigenvalue weighted by molar-refractivity contribution is 6.32. The van der Waals surface area contributed by atoms with Gasteiger partial charge in [-0.3, -0.25) is 4.98 Å². The molecule has 7 heteroatoms. The predicted octanol–water partition coefficient (Wildman–Crippen LogP) is 5.80. The van der Waals surface area contributed by atoms with Crippen LogP contribution in [-0.4, -0.2) is 11.6 Å². The van der Waals surface area contributed by atoms with E-state index in [1.54, 1.807) is 24.5 Å². The van der Waals surface area contributed by atoms with Gasteiger partial charge in [-0.2, -0.15) is 0 Å². The van der Waals surface area contributed by atoms with Crippen LogP contribution < -0.4 is 14.8 Å². The largest absolute Gasteiger partial charge is 0.490 e. The average molecular weight is 435 g/mol. The first-order valence-electron chi connectivity index (χ1n) is 9.19. The van der Waals surface area contributed by atoms with Gasteiger partial charge in [-0.1, -0.05) is 29.3 Å². The molecule has 1 N–H and O–H groups in total. The molecule has 152 valence electrons. The quantitative estimate of drug-likeness (QED) is 0.462. The lowest BCUT2D eigenvalue weighted by atomic mass is 10.2. The minimum Gasteiger partial charge on any atom is -0.490 e. The minimum atomic E-state index is -0.427. The molecule has 3 aromatic rings. The molecule has 0 saturated heterocycles. The van der Waals surface area contributed by atoms with Gasteiger partial charge in [0.25, 0.3) is 0 Å². The van der Waals surface area contributed by atoms with Gasteiger partial charge in [-0.25, -0.2) is 4.39 Å². The number of pyridine rings is 1. The van der Waals surface area contributed by atoms with Crippen molar-refractivity contribution in [3.05, 3.63) is 87.4 Å². The second-order valence-corrected chi connectivity index (χ2v) is 7.10. The van der Waals surface area contributed by atoms with E-state index in [1.165, 1.54) is 6.07 Å². The SMILES string of the molecule is CCOc1cc(CNCc2ccncc2)cc(Cl)c1OCc1c(F)cccc1Cl. The van der Waals surface area contributed by atoms with Crippen molar-refractivity contribution in [2.24, 2.45) is 0 Å². The van der Waals surface area contributed by atoms with E-state index in [9.17, 15) is 4.39 Å². The fourth-order valence-corrected chi connectivity index (χ4v) is 3.30. The van der Waals surface area contributed by atoms with Crippen LogP contribution in [0.1, 0.15) is 23.6 Å². The summed E-state index contributed by atoms with van der Waals surface area (Å²) in [6, 6.07) is 12.1. The summed E-state index contributed by atoms with van der Waals surface area (Å²) in [4.78, 5) is 4.01. The van der Waals surface area contributed by atoms with Crippen LogP contribution in [0.15, 0.2) is 54.9 Å². The Labute approximate surface area is 179 Å². The normalized spacial score (nSPS) is 10.8. The van der Waals surface area contributed by atoms with E-state index >= 15 is 0 Å². The maximum atomic E-state index is 14.0. The molecule has 0 atom stereocenters. The van der Waals surface area contributed by atoms with Crippen molar-refractivity contribution in [1.29, 1.82) is 0 Å². The Morgan fingerprint density at radius 1 is 0.966 bits per heavy atom. The van der Waals surface area contributed by atoms with Gasteiger partial charge < -0.3 is 14.8 Å². The lowest BCUT2D eigenvalue weighted by Crippen LogP contribution is -2.13. The number of aromatic nitrogens is 1. The fourth-order valence-electron chi connectivity index (χ4n) is 2.79.